The zero-order valence-corrected chi connectivity index (χ0v) is 9.46. The fraction of sp³-hybridized carbons (Fsp3) is 0.417. The molecule has 0 saturated carbocycles. The van der Waals surface area contributed by atoms with Crippen LogP contribution >= 0.6 is 0 Å². The van der Waals surface area contributed by atoms with Crippen LogP contribution in [0, 0.1) is 5.82 Å². The second-order valence-electron chi connectivity index (χ2n) is 3.65. The van der Waals surface area contributed by atoms with Crippen LogP contribution in [0.2, 0.25) is 0 Å². The maximum atomic E-state index is 12.9. The molecule has 0 aliphatic carbocycles. The van der Waals surface area contributed by atoms with Crippen molar-refractivity contribution in [1.29, 1.82) is 0 Å². The predicted octanol–water partition coefficient (Wildman–Crippen LogP) is 3.12. The van der Waals surface area contributed by atoms with Gasteiger partial charge >= 0.3 is 5.97 Å². The van der Waals surface area contributed by atoms with E-state index in [1.165, 1.54) is 12.1 Å². The molecule has 4 heteroatoms. The minimum atomic E-state index is -1.12. The number of carboxylic acid groups (broad SMARTS) is 1. The van der Waals surface area contributed by atoms with Gasteiger partial charge in [0.1, 0.15) is 5.82 Å². The number of anilines is 1. The largest absolute Gasteiger partial charge is 0.478 e. The predicted molar refractivity (Wildman–Crippen MR) is 61.4 cm³/mol. The van der Waals surface area contributed by atoms with Gasteiger partial charge in [-0.05, 0) is 31.0 Å². The second-order valence-corrected chi connectivity index (χ2v) is 3.65. The highest BCUT2D eigenvalue weighted by Gasteiger charge is 2.13. The topological polar surface area (TPSA) is 49.3 Å². The van der Waals surface area contributed by atoms with Crippen LogP contribution in [0.25, 0.3) is 0 Å². The number of hydrogen-bond donors (Lipinski definition) is 2. The summed E-state index contributed by atoms with van der Waals surface area (Å²) in [6, 6.07) is 3.98. The first-order valence-corrected chi connectivity index (χ1v) is 5.37. The normalized spacial score (nSPS) is 10.5. The highest BCUT2D eigenvalue weighted by Crippen LogP contribution is 2.19. The van der Waals surface area contributed by atoms with Crippen LogP contribution in [0.4, 0.5) is 10.1 Å². The fourth-order valence-corrected chi connectivity index (χ4v) is 1.53. The highest BCUT2D eigenvalue weighted by molar-refractivity contribution is 5.94. The summed E-state index contributed by atoms with van der Waals surface area (Å²) in [5, 5.41) is 12.0. The van der Waals surface area contributed by atoms with Crippen molar-refractivity contribution < 1.29 is 14.3 Å². The summed E-state index contributed by atoms with van der Waals surface area (Å²) < 4.78 is 12.9. The number of nitrogens with one attached hydrogen (secondary N) is 1. The quantitative estimate of drug-likeness (QED) is 0.809. The number of halogens is 1. The van der Waals surface area contributed by atoms with E-state index in [-0.39, 0.29) is 11.6 Å². The average Bonchev–Trinajstić information content (AvgIpc) is 2.27. The molecule has 1 rings (SSSR count). The molecule has 2 N–H and O–H groups in total. The number of carbonyl (C=O) groups is 1. The Kier molecular flexibility index (Phi) is 4.28. The van der Waals surface area contributed by atoms with Gasteiger partial charge in [0.2, 0.25) is 0 Å². The van der Waals surface area contributed by atoms with Crippen molar-refractivity contribution in [3.05, 3.63) is 29.6 Å². The standard InChI is InChI=1S/C12H16FNO2/c1-3-9(4-2)14-11-6-5-8(13)7-10(11)12(15)16/h5-7,9,14H,3-4H2,1-2H3,(H,15,16). The monoisotopic (exact) mass is 225 g/mol. The number of hydrogen-bond acceptors (Lipinski definition) is 2. The van der Waals surface area contributed by atoms with Crippen LogP contribution < -0.4 is 5.32 Å². The van der Waals surface area contributed by atoms with Crippen LogP contribution in [-0.2, 0) is 0 Å². The lowest BCUT2D eigenvalue weighted by Crippen LogP contribution is -2.19. The number of aromatic carboxylic acids is 1. The van der Waals surface area contributed by atoms with Crippen molar-refractivity contribution in [2.45, 2.75) is 32.7 Å². The van der Waals surface area contributed by atoms with E-state index in [0.29, 0.717) is 5.69 Å². The Bertz CT molecular complexity index is 375. The van der Waals surface area contributed by atoms with Gasteiger partial charge in [-0.3, -0.25) is 0 Å². The van der Waals surface area contributed by atoms with Gasteiger partial charge in [0.15, 0.2) is 0 Å². The second kappa shape index (κ2) is 5.49. The van der Waals surface area contributed by atoms with E-state index in [9.17, 15) is 9.18 Å². The van der Waals surface area contributed by atoms with Crippen molar-refractivity contribution >= 4 is 11.7 Å². The molecule has 0 aliphatic rings. The summed E-state index contributed by atoms with van der Waals surface area (Å²) in [4.78, 5) is 10.9. The molecule has 0 unspecified atom stereocenters. The molecule has 0 spiro atoms. The minimum absolute atomic E-state index is 0.0214. The van der Waals surface area contributed by atoms with E-state index in [1.54, 1.807) is 0 Å². The lowest BCUT2D eigenvalue weighted by Gasteiger charge is -2.17. The molecule has 16 heavy (non-hydrogen) atoms. The van der Waals surface area contributed by atoms with Gasteiger partial charge in [-0.2, -0.15) is 0 Å². The van der Waals surface area contributed by atoms with Gasteiger partial charge in [0.05, 0.1) is 5.56 Å². The molecule has 0 aromatic heterocycles. The van der Waals surface area contributed by atoms with Crippen LogP contribution in [-0.4, -0.2) is 17.1 Å². The van der Waals surface area contributed by atoms with Crippen molar-refractivity contribution in [3.8, 4) is 0 Å². The minimum Gasteiger partial charge on any atom is -0.478 e. The first kappa shape index (κ1) is 12.5. The van der Waals surface area contributed by atoms with E-state index < -0.39 is 11.8 Å². The molecule has 0 heterocycles. The van der Waals surface area contributed by atoms with Crippen molar-refractivity contribution in [3.63, 3.8) is 0 Å². The van der Waals surface area contributed by atoms with Crippen LogP contribution in [0.15, 0.2) is 18.2 Å². The average molecular weight is 225 g/mol. The third-order valence-electron chi connectivity index (χ3n) is 2.56. The van der Waals surface area contributed by atoms with Crippen molar-refractivity contribution in [2.75, 3.05) is 5.32 Å². The molecular weight excluding hydrogens is 209 g/mol. The Morgan fingerprint density at radius 1 is 1.44 bits per heavy atom. The number of rotatable bonds is 5. The first-order chi connectivity index (χ1) is 7.58. The molecule has 88 valence electrons. The highest BCUT2D eigenvalue weighted by atomic mass is 19.1. The summed E-state index contributed by atoms with van der Waals surface area (Å²) >= 11 is 0. The SMILES string of the molecule is CCC(CC)Nc1ccc(F)cc1C(=O)O. The van der Waals surface area contributed by atoms with Gasteiger partial charge in [-0.15, -0.1) is 0 Å². The summed E-state index contributed by atoms with van der Waals surface area (Å²) in [6.07, 6.45) is 1.79. The van der Waals surface area contributed by atoms with Crippen LogP contribution in [0.5, 0.6) is 0 Å². The van der Waals surface area contributed by atoms with Gasteiger partial charge in [0, 0.05) is 11.7 Å². The van der Waals surface area contributed by atoms with E-state index in [4.69, 9.17) is 5.11 Å². The molecular formula is C12H16FNO2. The Morgan fingerprint density at radius 2 is 2.06 bits per heavy atom. The molecule has 0 saturated heterocycles. The van der Waals surface area contributed by atoms with Crippen molar-refractivity contribution in [1.82, 2.24) is 0 Å². The van der Waals surface area contributed by atoms with Gasteiger partial charge in [0.25, 0.3) is 0 Å². The van der Waals surface area contributed by atoms with Crippen LogP contribution in [0.3, 0.4) is 0 Å². The lowest BCUT2D eigenvalue weighted by atomic mass is 10.1. The third kappa shape index (κ3) is 2.95. The van der Waals surface area contributed by atoms with Gasteiger partial charge in [-0.1, -0.05) is 13.8 Å². The molecule has 0 radical (unpaired) electrons. The van der Waals surface area contributed by atoms with Gasteiger partial charge in [-0.25, -0.2) is 9.18 Å². The number of carboxylic acids is 1. The molecule has 0 bridgehead atoms. The molecule has 3 nitrogen and oxygen atoms in total. The maximum absolute atomic E-state index is 12.9. The summed E-state index contributed by atoms with van der Waals surface area (Å²) in [5.41, 5.74) is 0.453. The Hall–Kier alpha value is -1.58. The van der Waals surface area contributed by atoms with E-state index in [2.05, 4.69) is 5.32 Å². The fourth-order valence-electron chi connectivity index (χ4n) is 1.53. The Labute approximate surface area is 94.3 Å². The zero-order valence-electron chi connectivity index (χ0n) is 9.46. The zero-order chi connectivity index (χ0) is 12.1. The Balaban J connectivity index is 2.98. The molecule has 0 atom stereocenters. The summed E-state index contributed by atoms with van der Waals surface area (Å²) in [7, 11) is 0. The van der Waals surface area contributed by atoms with E-state index in [0.717, 1.165) is 18.9 Å². The van der Waals surface area contributed by atoms with Crippen molar-refractivity contribution in [2.24, 2.45) is 0 Å². The molecule has 1 aromatic rings. The van der Waals surface area contributed by atoms with E-state index >= 15 is 0 Å². The molecule has 1 aromatic carbocycles. The molecule has 0 amide bonds. The smallest absolute Gasteiger partial charge is 0.337 e. The van der Waals surface area contributed by atoms with Gasteiger partial charge < -0.3 is 10.4 Å². The van der Waals surface area contributed by atoms with Crippen LogP contribution in [0.1, 0.15) is 37.0 Å². The Morgan fingerprint density at radius 3 is 2.56 bits per heavy atom. The molecule has 0 aliphatic heterocycles. The maximum Gasteiger partial charge on any atom is 0.337 e. The number of benzene rings is 1. The lowest BCUT2D eigenvalue weighted by molar-refractivity contribution is 0.0697. The summed E-state index contributed by atoms with van der Waals surface area (Å²) in [5.74, 6) is -1.65. The summed E-state index contributed by atoms with van der Waals surface area (Å²) in [6.45, 7) is 4.04. The first-order valence-electron chi connectivity index (χ1n) is 5.37. The third-order valence-corrected chi connectivity index (χ3v) is 2.56. The molecule has 0 fully saturated rings. The van der Waals surface area contributed by atoms with E-state index in [1.807, 2.05) is 13.8 Å².